The molecule has 0 aliphatic heterocycles. The number of ketones is 4. The second-order valence-electron chi connectivity index (χ2n) is 10.9. The van der Waals surface area contributed by atoms with E-state index < -0.39 is 0 Å². The van der Waals surface area contributed by atoms with Crippen LogP contribution in [-0.2, 0) is 5.41 Å². The summed E-state index contributed by atoms with van der Waals surface area (Å²) in [6, 6.07) is 18.4. The molecule has 0 saturated heterocycles. The van der Waals surface area contributed by atoms with Gasteiger partial charge in [0.2, 0.25) is 0 Å². The van der Waals surface area contributed by atoms with Gasteiger partial charge in [-0.2, -0.15) is 0 Å². The zero-order valence-corrected chi connectivity index (χ0v) is 23.0. The second kappa shape index (κ2) is 8.50. The van der Waals surface area contributed by atoms with Gasteiger partial charge in [-0.25, -0.2) is 0 Å². The quantitative estimate of drug-likeness (QED) is 0.185. The lowest BCUT2D eigenvalue weighted by molar-refractivity contribution is 0.0975. The van der Waals surface area contributed by atoms with E-state index in [-0.39, 0.29) is 39.7 Å². The number of allylic oxidation sites excluding steroid dienone is 2. The van der Waals surface area contributed by atoms with Gasteiger partial charge in [0.25, 0.3) is 0 Å². The van der Waals surface area contributed by atoms with Crippen LogP contribution in [0.4, 0.5) is 0 Å². The highest BCUT2D eigenvalue weighted by molar-refractivity contribution is 7.23. The molecule has 8 rings (SSSR count). The Labute approximate surface area is 238 Å². The Balaban J connectivity index is 1.22. The van der Waals surface area contributed by atoms with Crippen LogP contribution in [0, 0.1) is 0 Å². The molecular formula is C34H22O4S2. The Morgan fingerprint density at radius 3 is 1.30 bits per heavy atom. The van der Waals surface area contributed by atoms with E-state index in [4.69, 9.17) is 0 Å². The van der Waals surface area contributed by atoms with E-state index in [0.717, 1.165) is 35.4 Å². The molecular weight excluding hydrogens is 537 g/mol. The third-order valence-electron chi connectivity index (χ3n) is 8.83. The summed E-state index contributed by atoms with van der Waals surface area (Å²) in [5, 5.41) is 0. The molecule has 4 nitrogen and oxygen atoms in total. The number of thiophene rings is 2. The van der Waals surface area contributed by atoms with Crippen LogP contribution in [0.25, 0.3) is 21.9 Å². The van der Waals surface area contributed by atoms with Gasteiger partial charge in [0.1, 0.15) is 0 Å². The second-order valence-corrected chi connectivity index (χ2v) is 13.1. The topological polar surface area (TPSA) is 68.3 Å². The SMILES string of the molecule is O=C1C(=Cc2cc3c(s2)-c2sc(C=C4C(=O)c5ccccc5C4=O)cc2C32CCCCC2)C(=O)c2ccccc21. The minimum Gasteiger partial charge on any atom is -0.288 e. The summed E-state index contributed by atoms with van der Waals surface area (Å²) in [6.07, 6.45) is 9.10. The van der Waals surface area contributed by atoms with E-state index in [9.17, 15) is 19.2 Å². The van der Waals surface area contributed by atoms with Crippen molar-refractivity contribution in [1.82, 2.24) is 0 Å². The first-order valence-corrected chi connectivity index (χ1v) is 15.2. The predicted octanol–water partition coefficient (Wildman–Crippen LogP) is 7.97. The van der Waals surface area contributed by atoms with Crippen LogP contribution in [0.15, 0.2) is 71.8 Å². The molecule has 1 saturated carbocycles. The van der Waals surface area contributed by atoms with Crippen molar-refractivity contribution in [1.29, 1.82) is 0 Å². The average molecular weight is 559 g/mol. The van der Waals surface area contributed by atoms with E-state index >= 15 is 0 Å². The zero-order chi connectivity index (χ0) is 27.2. The first-order valence-electron chi connectivity index (χ1n) is 13.6. The summed E-state index contributed by atoms with van der Waals surface area (Å²) in [4.78, 5) is 56.3. The highest BCUT2D eigenvalue weighted by Crippen LogP contribution is 2.61. The number of hydrogen-bond donors (Lipinski definition) is 0. The Kier molecular flexibility index (Phi) is 5.07. The summed E-state index contributed by atoms with van der Waals surface area (Å²) < 4.78 is 0. The number of carbonyl (C=O) groups excluding carboxylic acids is 4. The van der Waals surface area contributed by atoms with Crippen molar-refractivity contribution in [2.75, 3.05) is 0 Å². The van der Waals surface area contributed by atoms with E-state index in [0.29, 0.717) is 22.3 Å². The van der Waals surface area contributed by atoms with Crippen LogP contribution in [0.5, 0.6) is 0 Å². The third-order valence-corrected chi connectivity index (χ3v) is 11.2. The number of carbonyl (C=O) groups is 4. The van der Waals surface area contributed by atoms with E-state index in [2.05, 4.69) is 12.1 Å². The van der Waals surface area contributed by atoms with Gasteiger partial charge in [-0.1, -0.05) is 67.8 Å². The van der Waals surface area contributed by atoms with Crippen molar-refractivity contribution in [3.05, 3.63) is 115 Å². The van der Waals surface area contributed by atoms with Crippen LogP contribution >= 0.6 is 22.7 Å². The molecule has 0 radical (unpaired) electrons. The highest BCUT2D eigenvalue weighted by Gasteiger charge is 2.46. The van der Waals surface area contributed by atoms with Crippen LogP contribution in [0.3, 0.4) is 0 Å². The molecule has 6 heteroatoms. The van der Waals surface area contributed by atoms with Gasteiger partial charge in [0, 0.05) is 47.2 Å². The summed E-state index contributed by atoms with van der Waals surface area (Å²) in [6.45, 7) is 0. The largest absolute Gasteiger partial charge is 0.288 e. The van der Waals surface area contributed by atoms with Crippen molar-refractivity contribution in [3.8, 4) is 9.75 Å². The summed E-state index contributed by atoms with van der Waals surface area (Å²) in [5.74, 6) is -0.836. The van der Waals surface area contributed by atoms with E-state index in [1.54, 1.807) is 83.4 Å². The fourth-order valence-corrected chi connectivity index (χ4v) is 9.50. The standard InChI is InChI=1S/C34H22O4S2/c35-28-20-8-2-3-9-21(20)29(36)24(28)14-18-16-26-32(39-18)33-27(34(26)12-6-1-7-13-34)17-19(40-33)15-25-30(37)22-10-4-5-11-23(22)31(25)38/h2-5,8-11,14-17H,1,6-7,12-13H2. The number of hydrogen-bond acceptors (Lipinski definition) is 6. The summed E-state index contributed by atoms with van der Waals surface area (Å²) in [7, 11) is 0. The first-order chi connectivity index (χ1) is 19.5. The molecule has 4 aliphatic rings. The van der Waals surface area contributed by atoms with Crippen LogP contribution in [-0.4, -0.2) is 23.1 Å². The van der Waals surface area contributed by atoms with Gasteiger partial charge in [-0.15, -0.1) is 22.7 Å². The minimum atomic E-state index is -0.209. The maximum absolute atomic E-state index is 13.0. The molecule has 0 amide bonds. The maximum Gasteiger partial charge on any atom is 0.197 e. The average Bonchev–Trinajstić information content (AvgIpc) is 3.75. The Morgan fingerprint density at radius 2 is 0.925 bits per heavy atom. The predicted molar refractivity (Wildman–Crippen MR) is 158 cm³/mol. The van der Waals surface area contributed by atoms with Crippen molar-refractivity contribution >= 4 is 58.0 Å². The molecule has 1 fully saturated rings. The molecule has 194 valence electrons. The van der Waals surface area contributed by atoms with Crippen molar-refractivity contribution in [3.63, 3.8) is 0 Å². The molecule has 2 aromatic carbocycles. The molecule has 0 unspecified atom stereocenters. The lowest BCUT2D eigenvalue weighted by atomic mass is 9.68. The van der Waals surface area contributed by atoms with Gasteiger partial charge in [0.15, 0.2) is 23.1 Å². The molecule has 1 spiro atoms. The fraction of sp³-hybridized carbons (Fsp3) is 0.176. The van der Waals surface area contributed by atoms with Crippen LogP contribution < -0.4 is 0 Å². The summed E-state index contributed by atoms with van der Waals surface area (Å²) in [5.41, 5.74) is 4.84. The smallest absolute Gasteiger partial charge is 0.197 e. The summed E-state index contributed by atoms with van der Waals surface area (Å²) >= 11 is 3.25. The number of rotatable bonds is 2. The number of Topliss-reactive ketones (excluding diaryl/α,β-unsaturated/α-hetero) is 4. The molecule has 40 heavy (non-hydrogen) atoms. The molecule has 4 aliphatic carbocycles. The molecule has 4 aromatic rings. The first kappa shape index (κ1) is 23.9. The normalized spacial score (nSPS) is 18.3. The molecule has 0 bridgehead atoms. The lowest BCUT2D eigenvalue weighted by Crippen LogP contribution is -2.27. The van der Waals surface area contributed by atoms with Gasteiger partial charge < -0.3 is 0 Å². The Hall–Kier alpha value is -4.00. The third kappa shape index (κ3) is 3.17. The Bertz CT molecular complexity index is 1700. The molecule has 0 atom stereocenters. The fourth-order valence-electron chi connectivity index (χ4n) is 6.94. The highest BCUT2D eigenvalue weighted by atomic mass is 32.1. The lowest BCUT2D eigenvalue weighted by Gasteiger charge is -2.34. The number of benzene rings is 2. The van der Waals surface area contributed by atoms with Crippen molar-refractivity contribution in [2.24, 2.45) is 0 Å². The van der Waals surface area contributed by atoms with Gasteiger partial charge in [-0.3, -0.25) is 19.2 Å². The van der Waals surface area contributed by atoms with Gasteiger partial charge in [0.05, 0.1) is 11.1 Å². The van der Waals surface area contributed by atoms with Crippen molar-refractivity contribution < 1.29 is 19.2 Å². The Morgan fingerprint density at radius 1 is 0.550 bits per heavy atom. The van der Waals surface area contributed by atoms with Gasteiger partial charge >= 0.3 is 0 Å². The minimum absolute atomic E-state index is 0.108. The molecule has 2 heterocycles. The van der Waals surface area contributed by atoms with Crippen LogP contribution in [0.1, 0.15) is 94.4 Å². The number of fused-ring (bicyclic) bond motifs is 7. The van der Waals surface area contributed by atoms with E-state index in [1.807, 2.05) is 0 Å². The molecule has 2 aromatic heterocycles. The zero-order valence-electron chi connectivity index (χ0n) is 21.4. The maximum atomic E-state index is 13.0. The molecule has 0 N–H and O–H groups in total. The van der Waals surface area contributed by atoms with Crippen molar-refractivity contribution in [2.45, 2.75) is 37.5 Å². The van der Waals surface area contributed by atoms with E-state index in [1.165, 1.54) is 27.3 Å². The monoisotopic (exact) mass is 558 g/mol. The van der Waals surface area contributed by atoms with Gasteiger partial charge in [-0.05, 0) is 48.3 Å². The van der Waals surface area contributed by atoms with Crippen LogP contribution in [0.2, 0.25) is 0 Å².